The Morgan fingerprint density at radius 2 is 2.17 bits per heavy atom. The number of benzene rings is 1. The Hall–Kier alpha value is -1.39. The summed E-state index contributed by atoms with van der Waals surface area (Å²) >= 11 is 9.23. The number of aromatic nitrogens is 1. The third kappa shape index (κ3) is 2.89. The number of nitrogens with one attached hydrogen (secondary N) is 1. The molecule has 1 aromatic heterocycles. The van der Waals surface area contributed by atoms with Crippen LogP contribution in [-0.4, -0.2) is 10.9 Å². The molecule has 0 atom stereocenters. The fourth-order valence-electron chi connectivity index (χ4n) is 1.51. The van der Waals surface area contributed by atoms with E-state index in [2.05, 4.69) is 26.2 Å². The van der Waals surface area contributed by atoms with Crippen molar-refractivity contribution in [1.29, 1.82) is 0 Å². The Morgan fingerprint density at radius 3 is 2.89 bits per heavy atom. The number of hydrogen-bond acceptors (Lipinski definition) is 2. The molecule has 0 bridgehead atoms. The maximum atomic E-state index is 12.1. The SMILES string of the molecule is Cc1c(Br)cccc1C(=O)Nc1cc(Cl)ccn1. The molecule has 1 aromatic carbocycles. The van der Waals surface area contributed by atoms with Crippen LogP contribution in [-0.2, 0) is 0 Å². The van der Waals surface area contributed by atoms with Gasteiger partial charge in [-0.15, -0.1) is 0 Å². The smallest absolute Gasteiger partial charge is 0.257 e. The molecule has 0 radical (unpaired) electrons. The molecule has 0 aliphatic rings. The van der Waals surface area contributed by atoms with Gasteiger partial charge in [-0.3, -0.25) is 4.79 Å². The Labute approximate surface area is 118 Å². The molecule has 0 aliphatic heterocycles. The van der Waals surface area contributed by atoms with Crippen LogP contribution in [0.4, 0.5) is 5.82 Å². The summed E-state index contributed by atoms with van der Waals surface area (Å²) in [5.74, 6) is 0.232. The molecule has 18 heavy (non-hydrogen) atoms. The average Bonchev–Trinajstić information content (AvgIpc) is 2.32. The van der Waals surface area contributed by atoms with E-state index in [1.54, 1.807) is 24.4 Å². The maximum absolute atomic E-state index is 12.1. The number of nitrogens with zero attached hydrogens (tertiary/aromatic N) is 1. The quantitative estimate of drug-likeness (QED) is 0.905. The second kappa shape index (κ2) is 5.50. The molecular formula is C13H10BrClN2O. The van der Waals surface area contributed by atoms with E-state index in [4.69, 9.17) is 11.6 Å². The predicted octanol–water partition coefficient (Wildman–Crippen LogP) is 4.06. The molecule has 0 saturated heterocycles. The van der Waals surface area contributed by atoms with E-state index in [-0.39, 0.29) is 5.91 Å². The van der Waals surface area contributed by atoms with E-state index < -0.39 is 0 Å². The minimum Gasteiger partial charge on any atom is -0.307 e. The number of halogens is 2. The van der Waals surface area contributed by atoms with Crippen LogP contribution in [0.2, 0.25) is 5.02 Å². The van der Waals surface area contributed by atoms with Gasteiger partial charge in [0.25, 0.3) is 5.91 Å². The van der Waals surface area contributed by atoms with Gasteiger partial charge in [-0.2, -0.15) is 0 Å². The van der Waals surface area contributed by atoms with Crippen molar-refractivity contribution in [3.05, 3.63) is 57.2 Å². The number of rotatable bonds is 2. The van der Waals surface area contributed by atoms with Gasteiger partial charge in [0, 0.05) is 21.3 Å². The Balaban J connectivity index is 2.25. The zero-order valence-corrected chi connectivity index (χ0v) is 11.9. The molecule has 0 spiro atoms. The standard InChI is InChI=1S/C13H10BrClN2O/c1-8-10(3-2-4-11(8)14)13(18)17-12-7-9(15)5-6-16-12/h2-7H,1H3,(H,16,17,18). The van der Waals surface area contributed by atoms with Crippen molar-refractivity contribution in [3.8, 4) is 0 Å². The molecule has 0 saturated carbocycles. The van der Waals surface area contributed by atoms with Crippen molar-refractivity contribution in [1.82, 2.24) is 4.98 Å². The molecule has 2 aromatic rings. The highest BCUT2D eigenvalue weighted by Gasteiger charge is 2.11. The minimum absolute atomic E-state index is 0.205. The number of carbonyl (C=O) groups excluding carboxylic acids is 1. The van der Waals surface area contributed by atoms with E-state index in [1.807, 2.05) is 19.1 Å². The van der Waals surface area contributed by atoms with Gasteiger partial charge in [0.15, 0.2) is 0 Å². The van der Waals surface area contributed by atoms with Crippen LogP contribution in [0.5, 0.6) is 0 Å². The number of carbonyl (C=O) groups is 1. The molecule has 92 valence electrons. The molecule has 0 fully saturated rings. The van der Waals surface area contributed by atoms with Gasteiger partial charge in [0.1, 0.15) is 5.82 Å². The van der Waals surface area contributed by atoms with Gasteiger partial charge in [0.2, 0.25) is 0 Å². The Bertz CT molecular complexity index is 601. The molecule has 2 rings (SSSR count). The largest absolute Gasteiger partial charge is 0.307 e. The van der Waals surface area contributed by atoms with Crippen molar-refractivity contribution in [2.45, 2.75) is 6.92 Å². The van der Waals surface area contributed by atoms with Crippen LogP contribution in [0.3, 0.4) is 0 Å². The summed E-state index contributed by atoms with van der Waals surface area (Å²) in [5, 5.41) is 3.25. The van der Waals surface area contributed by atoms with Crippen LogP contribution in [0.15, 0.2) is 41.0 Å². The van der Waals surface area contributed by atoms with Crippen LogP contribution < -0.4 is 5.32 Å². The summed E-state index contributed by atoms with van der Waals surface area (Å²) in [4.78, 5) is 16.1. The molecule has 5 heteroatoms. The first-order chi connectivity index (χ1) is 8.58. The first-order valence-corrected chi connectivity index (χ1v) is 6.43. The van der Waals surface area contributed by atoms with Gasteiger partial charge < -0.3 is 5.32 Å². The zero-order chi connectivity index (χ0) is 13.1. The Morgan fingerprint density at radius 1 is 1.39 bits per heavy atom. The summed E-state index contributed by atoms with van der Waals surface area (Å²) in [6, 6.07) is 8.73. The number of pyridine rings is 1. The van der Waals surface area contributed by atoms with E-state index in [0.717, 1.165) is 10.0 Å². The highest BCUT2D eigenvalue weighted by atomic mass is 79.9. The van der Waals surface area contributed by atoms with Gasteiger partial charge in [-0.1, -0.05) is 33.6 Å². The summed E-state index contributed by atoms with van der Waals surface area (Å²) < 4.78 is 0.897. The topological polar surface area (TPSA) is 42.0 Å². The van der Waals surface area contributed by atoms with Crippen molar-refractivity contribution < 1.29 is 4.79 Å². The average molecular weight is 326 g/mol. The van der Waals surface area contributed by atoms with Crippen LogP contribution in [0.1, 0.15) is 15.9 Å². The number of anilines is 1. The maximum Gasteiger partial charge on any atom is 0.257 e. The lowest BCUT2D eigenvalue weighted by molar-refractivity contribution is 0.102. The van der Waals surface area contributed by atoms with E-state index >= 15 is 0 Å². The molecule has 3 nitrogen and oxygen atoms in total. The van der Waals surface area contributed by atoms with Crippen LogP contribution >= 0.6 is 27.5 Å². The third-order valence-electron chi connectivity index (χ3n) is 2.48. The fourth-order valence-corrected chi connectivity index (χ4v) is 2.04. The summed E-state index contributed by atoms with van der Waals surface area (Å²) in [5.41, 5.74) is 1.49. The van der Waals surface area contributed by atoms with Crippen molar-refractivity contribution in [2.24, 2.45) is 0 Å². The summed E-state index contributed by atoms with van der Waals surface area (Å²) in [6.07, 6.45) is 1.55. The summed E-state index contributed by atoms with van der Waals surface area (Å²) in [6.45, 7) is 1.88. The lowest BCUT2D eigenvalue weighted by Crippen LogP contribution is -2.14. The Kier molecular flexibility index (Phi) is 3.99. The second-order valence-electron chi connectivity index (χ2n) is 3.73. The third-order valence-corrected chi connectivity index (χ3v) is 3.57. The van der Waals surface area contributed by atoms with E-state index in [9.17, 15) is 4.79 Å². The summed E-state index contributed by atoms with van der Waals surface area (Å²) in [7, 11) is 0. The highest BCUT2D eigenvalue weighted by molar-refractivity contribution is 9.10. The van der Waals surface area contributed by atoms with E-state index in [0.29, 0.717) is 16.4 Å². The van der Waals surface area contributed by atoms with Crippen molar-refractivity contribution >= 4 is 39.3 Å². The lowest BCUT2D eigenvalue weighted by atomic mass is 10.1. The van der Waals surface area contributed by atoms with E-state index in [1.165, 1.54) is 0 Å². The molecule has 0 aliphatic carbocycles. The zero-order valence-electron chi connectivity index (χ0n) is 9.58. The van der Waals surface area contributed by atoms with Gasteiger partial charge >= 0.3 is 0 Å². The molecule has 1 heterocycles. The molecule has 1 amide bonds. The minimum atomic E-state index is -0.205. The van der Waals surface area contributed by atoms with Crippen molar-refractivity contribution in [3.63, 3.8) is 0 Å². The van der Waals surface area contributed by atoms with Gasteiger partial charge in [-0.25, -0.2) is 4.98 Å². The molecule has 0 unspecified atom stereocenters. The molecular weight excluding hydrogens is 316 g/mol. The van der Waals surface area contributed by atoms with Crippen LogP contribution in [0.25, 0.3) is 0 Å². The highest BCUT2D eigenvalue weighted by Crippen LogP contribution is 2.20. The van der Waals surface area contributed by atoms with Gasteiger partial charge in [-0.05, 0) is 36.8 Å². The fraction of sp³-hybridized carbons (Fsp3) is 0.0769. The monoisotopic (exact) mass is 324 g/mol. The number of amides is 1. The lowest BCUT2D eigenvalue weighted by Gasteiger charge is -2.08. The first-order valence-electron chi connectivity index (χ1n) is 5.26. The van der Waals surface area contributed by atoms with Crippen LogP contribution in [0, 0.1) is 6.92 Å². The molecule has 1 N–H and O–H groups in total. The second-order valence-corrected chi connectivity index (χ2v) is 5.02. The first kappa shape index (κ1) is 13.1. The normalized spacial score (nSPS) is 10.2. The van der Waals surface area contributed by atoms with Crippen molar-refractivity contribution in [2.75, 3.05) is 5.32 Å². The number of hydrogen-bond donors (Lipinski definition) is 1. The van der Waals surface area contributed by atoms with Gasteiger partial charge in [0.05, 0.1) is 0 Å². The predicted molar refractivity (Wildman–Crippen MR) is 76.1 cm³/mol.